The fourth-order valence-electron chi connectivity index (χ4n) is 4.51. The smallest absolute Gasteiger partial charge is 0.243 e. The Bertz CT molecular complexity index is 1090. The first-order valence-electron chi connectivity index (χ1n) is 11.3. The molecule has 1 amide bonds. The molecule has 2 aliphatic rings. The van der Waals surface area contributed by atoms with E-state index in [0.29, 0.717) is 51.0 Å². The first-order chi connectivity index (χ1) is 16.3. The van der Waals surface area contributed by atoms with E-state index in [4.69, 9.17) is 9.47 Å². The molecule has 10 heteroatoms. The molecule has 2 aromatic rings. The molecule has 0 radical (unpaired) electrons. The minimum absolute atomic E-state index is 0.0103. The normalized spacial score (nSPS) is 21.9. The topological polar surface area (TPSA) is 76.2 Å². The van der Waals surface area contributed by atoms with Gasteiger partial charge in [-0.15, -0.1) is 0 Å². The van der Waals surface area contributed by atoms with E-state index in [9.17, 15) is 22.0 Å². The van der Waals surface area contributed by atoms with Crippen molar-refractivity contribution < 1.29 is 31.5 Å². The van der Waals surface area contributed by atoms with Gasteiger partial charge in [0.1, 0.15) is 17.4 Å². The summed E-state index contributed by atoms with van der Waals surface area (Å²) >= 11 is 0. The molecule has 2 fully saturated rings. The number of rotatable bonds is 7. The average Bonchev–Trinajstić information content (AvgIpc) is 2.83. The van der Waals surface area contributed by atoms with Gasteiger partial charge in [-0.25, -0.2) is 17.2 Å². The number of halogens is 2. The summed E-state index contributed by atoms with van der Waals surface area (Å²) in [4.78, 5) is 14.4. The minimum atomic E-state index is -4.17. The number of amides is 1. The molecular formula is C24H28F2N2O5S. The second-order valence-corrected chi connectivity index (χ2v) is 10.8. The molecule has 2 heterocycles. The maximum absolute atomic E-state index is 13.8. The summed E-state index contributed by atoms with van der Waals surface area (Å²) < 4.78 is 66.6. The van der Waals surface area contributed by atoms with Crippen LogP contribution in [0.25, 0.3) is 0 Å². The summed E-state index contributed by atoms with van der Waals surface area (Å²) in [6, 6.07) is 11.4. The number of hydrogen-bond donors (Lipinski definition) is 0. The van der Waals surface area contributed by atoms with Gasteiger partial charge in [0.05, 0.1) is 24.7 Å². The van der Waals surface area contributed by atoms with Crippen molar-refractivity contribution in [2.45, 2.75) is 24.2 Å². The van der Waals surface area contributed by atoms with Crippen LogP contribution in [0.2, 0.25) is 0 Å². The monoisotopic (exact) mass is 494 g/mol. The first kappa shape index (κ1) is 24.6. The predicted octanol–water partition coefficient (Wildman–Crippen LogP) is 3.06. The van der Waals surface area contributed by atoms with Crippen LogP contribution in [0.4, 0.5) is 8.78 Å². The third kappa shape index (κ3) is 5.73. The number of para-hydroxylation sites is 1. The number of ether oxygens (including phenoxy) is 2. The van der Waals surface area contributed by atoms with Crippen molar-refractivity contribution in [3.63, 3.8) is 0 Å². The van der Waals surface area contributed by atoms with Gasteiger partial charge in [-0.1, -0.05) is 18.2 Å². The molecule has 0 bridgehead atoms. The number of sulfonamides is 1. The number of piperidine rings is 1. The van der Waals surface area contributed by atoms with Crippen molar-refractivity contribution in [2.75, 3.05) is 46.0 Å². The number of nitrogens with zero attached hydrogens (tertiary/aromatic N) is 2. The van der Waals surface area contributed by atoms with E-state index in [1.165, 1.54) is 4.31 Å². The maximum atomic E-state index is 13.8. The zero-order valence-corrected chi connectivity index (χ0v) is 19.6. The highest BCUT2D eigenvalue weighted by Gasteiger charge is 2.43. The van der Waals surface area contributed by atoms with Crippen molar-refractivity contribution in [3.8, 4) is 5.75 Å². The molecule has 4 rings (SSSR count). The molecule has 0 saturated carbocycles. The Kier molecular flexibility index (Phi) is 7.49. The lowest BCUT2D eigenvalue weighted by Crippen LogP contribution is -2.51. The van der Waals surface area contributed by atoms with E-state index in [-0.39, 0.29) is 32.0 Å². The molecular weight excluding hydrogens is 466 g/mol. The number of carbonyl (C=O) groups is 1. The number of benzene rings is 2. The lowest BCUT2D eigenvalue weighted by molar-refractivity contribution is -0.139. The highest BCUT2D eigenvalue weighted by molar-refractivity contribution is 7.89. The molecule has 2 aromatic carbocycles. The Morgan fingerprint density at radius 3 is 2.38 bits per heavy atom. The molecule has 0 spiro atoms. The van der Waals surface area contributed by atoms with E-state index in [1.54, 1.807) is 17.0 Å². The number of hydrogen-bond acceptors (Lipinski definition) is 5. The highest BCUT2D eigenvalue weighted by Crippen LogP contribution is 2.37. The largest absolute Gasteiger partial charge is 0.493 e. The zero-order valence-electron chi connectivity index (χ0n) is 18.8. The average molecular weight is 495 g/mol. The van der Waals surface area contributed by atoms with Crippen LogP contribution in [0.1, 0.15) is 19.3 Å². The van der Waals surface area contributed by atoms with Gasteiger partial charge >= 0.3 is 0 Å². The van der Waals surface area contributed by atoms with Crippen LogP contribution < -0.4 is 4.74 Å². The van der Waals surface area contributed by atoms with E-state index >= 15 is 0 Å². The predicted molar refractivity (Wildman–Crippen MR) is 121 cm³/mol. The minimum Gasteiger partial charge on any atom is -0.493 e. The summed E-state index contributed by atoms with van der Waals surface area (Å²) in [5.74, 6) is -1.39. The van der Waals surface area contributed by atoms with Gasteiger partial charge in [0.15, 0.2) is 0 Å². The van der Waals surface area contributed by atoms with Crippen molar-refractivity contribution in [1.29, 1.82) is 0 Å². The van der Waals surface area contributed by atoms with E-state index in [2.05, 4.69) is 0 Å². The van der Waals surface area contributed by atoms with Crippen LogP contribution in [0.15, 0.2) is 53.4 Å². The Balaban J connectivity index is 1.59. The van der Waals surface area contributed by atoms with Crippen molar-refractivity contribution >= 4 is 15.9 Å². The van der Waals surface area contributed by atoms with Crippen LogP contribution in [0.5, 0.6) is 5.75 Å². The molecule has 7 nitrogen and oxygen atoms in total. The summed E-state index contributed by atoms with van der Waals surface area (Å²) in [5.41, 5.74) is -0.789. The summed E-state index contributed by atoms with van der Waals surface area (Å²) in [6.07, 6.45) is 1.17. The zero-order chi connectivity index (χ0) is 24.2. The SMILES string of the molecule is O=C(C[C@@]1(COc2ccccc2)CCCN(S(=O)(=O)c2cc(F)cc(F)c2)C1)N1CCOCC1. The van der Waals surface area contributed by atoms with E-state index in [1.807, 2.05) is 18.2 Å². The number of carbonyl (C=O) groups excluding carboxylic acids is 1. The fraction of sp³-hybridized carbons (Fsp3) is 0.458. The molecule has 0 unspecified atom stereocenters. The lowest BCUT2D eigenvalue weighted by Gasteiger charge is -2.42. The van der Waals surface area contributed by atoms with Crippen molar-refractivity contribution in [2.24, 2.45) is 5.41 Å². The standard InChI is InChI=1S/C24H28F2N2O5S/c25-19-13-20(26)15-22(14-19)34(30,31)28-8-4-7-24(17-28,18-33-21-5-2-1-3-6-21)16-23(29)27-9-11-32-12-10-27/h1-3,5-6,13-15H,4,7-12,16-18H2/t24-/m0/s1. The highest BCUT2D eigenvalue weighted by atomic mass is 32.2. The first-order valence-corrected chi connectivity index (χ1v) is 12.7. The molecule has 0 aliphatic carbocycles. The quantitative estimate of drug-likeness (QED) is 0.592. The Labute approximate surface area is 198 Å². The van der Waals surface area contributed by atoms with Crippen LogP contribution >= 0.6 is 0 Å². The van der Waals surface area contributed by atoms with Gasteiger partial charge in [-0.2, -0.15) is 4.31 Å². The number of morpholine rings is 1. The molecule has 34 heavy (non-hydrogen) atoms. The van der Waals surface area contributed by atoms with Gasteiger partial charge < -0.3 is 14.4 Å². The van der Waals surface area contributed by atoms with Crippen LogP contribution in [-0.4, -0.2) is 69.5 Å². The lowest BCUT2D eigenvalue weighted by atomic mass is 9.78. The fourth-order valence-corrected chi connectivity index (χ4v) is 6.14. The molecule has 1 atom stereocenters. The molecule has 0 N–H and O–H groups in total. The maximum Gasteiger partial charge on any atom is 0.243 e. The Hall–Kier alpha value is -2.56. The summed E-state index contributed by atoms with van der Waals surface area (Å²) in [6.45, 7) is 2.24. The summed E-state index contributed by atoms with van der Waals surface area (Å²) in [5, 5.41) is 0. The van der Waals surface area contributed by atoms with E-state index < -0.39 is 32.0 Å². The molecule has 184 valence electrons. The second-order valence-electron chi connectivity index (χ2n) is 8.82. The van der Waals surface area contributed by atoms with Crippen LogP contribution in [-0.2, 0) is 19.6 Å². The van der Waals surface area contributed by atoms with Crippen LogP contribution in [0.3, 0.4) is 0 Å². The van der Waals surface area contributed by atoms with E-state index in [0.717, 1.165) is 12.1 Å². The van der Waals surface area contributed by atoms with Gasteiger partial charge in [0, 0.05) is 44.1 Å². The molecule has 2 saturated heterocycles. The van der Waals surface area contributed by atoms with Crippen molar-refractivity contribution in [3.05, 3.63) is 60.2 Å². The third-order valence-electron chi connectivity index (χ3n) is 6.28. The Morgan fingerprint density at radius 1 is 1.03 bits per heavy atom. The van der Waals surface area contributed by atoms with Gasteiger partial charge in [-0.3, -0.25) is 4.79 Å². The second kappa shape index (κ2) is 10.4. The molecule has 0 aromatic heterocycles. The Morgan fingerprint density at radius 2 is 1.71 bits per heavy atom. The van der Waals surface area contributed by atoms with Gasteiger partial charge in [0.25, 0.3) is 0 Å². The van der Waals surface area contributed by atoms with Gasteiger partial charge in [-0.05, 0) is 37.1 Å². The third-order valence-corrected chi connectivity index (χ3v) is 8.10. The van der Waals surface area contributed by atoms with Gasteiger partial charge in [0.2, 0.25) is 15.9 Å². The van der Waals surface area contributed by atoms with Crippen LogP contribution in [0, 0.1) is 17.0 Å². The summed E-state index contributed by atoms with van der Waals surface area (Å²) in [7, 11) is -4.17. The van der Waals surface area contributed by atoms with Crippen molar-refractivity contribution in [1.82, 2.24) is 9.21 Å². The molecule has 2 aliphatic heterocycles.